The third-order valence-corrected chi connectivity index (χ3v) is 4.74. The molecule has 0 bridgehead atoms. The van der Waals surface area contributed by atoms with Crippen LogP contribution in [0.1, 0.15) is 31.6 Å². The first-order valence-electron chi connectivity index (χ1n) is 9.65. The molecule has 1 atom stereocenters. The van der Waals surface area contributed by atoms with Crippen molar-refractivity contribution >= 4 is 5.91 Å². The molecule has 1 saturated heterocycles. The zero-order chi connectivity index (χ0) is 20.6. The lowest BCUT2D eigenvalue weighted by Gasteiger charge is -2.12. The van der Waals surface area contributed by atoms with Crippen molar-refractivity contribution in [2.24, 2.45) is 0 Å². The lowest BCUT2D eigenvalue weighted by molar-refractivity contribution is -0.121. The van der Waals surface area contributed by atoms with Crippen molar-refractivity contribution < 1.29 is 28.3 Å². The molecule has 1 amide bonds. The van der Waals surface area contributed by atoms with Crippen LogP contribution < -0.4 is 19.5 Å². The van der Waals surface area contributed by atoms with Gasteiger partial charge in [0.2, 0.25) is 23.4 Å². The largest absolute Gasteiger partial charge is 0.493 e. The van der Waals surface area contributed by atoms with Gasteiger partial charge in [-0.05, 0) is 31.4 Å². The van der Waals surface area contributed by atoms with Crippen molar-refractivity contribution in [3.63, 3.8) is 0 Å². The molecule has 1 aromatic heterocycles. The van der Waals surface area contributed by atoms with E-state index in [-0.39, 0.29) is 12.0 Å². The number of ether oxygens (including phenoxy) is 4. The highest BCUT2D eigenvalue weighted by Gasteiger charge is 2.18. The number of hydrogen-bond donors (Lipinski definition) is 1. The van der Waals surface area contributed by atoms with Crippen LogP contribution in [0, 0.1) is 0 Å². The average molecular weight is 405 g/mol. The van der Waals surface area contributed by atoms with E-state index in [1.165, 1.54) is 0 Å². The molecule has 1 aromatic carbocycles. The molecule has 9 heteroatoms. The van der Waals surface area contributed by atoms with Crippen LogP contribution in [0.4, 0.5) is 0 Å². The molecule has 158 valence electrons. The summed E-state index contributed by atoms with van der Waals surface area (Å²) in [6, 6.07) is 3.52. The standard InChI is InChI=1S/C20H27N3O6/c1-25-15-10-13(11-16(26-2)19(15)27-3)20-22-18(29-23-20)8-4-7-17(24)21-12-14-6-5-9-28-14/h10-11,14H,4-9,12H2,1-3H3,(H,21,24). The fourth-order valence-corrected chi connectivity index (χ4v) is 3.21. The Kier molecular flexibility index (Phi) is 7.29. The van der Waals surface area contributed by atoms with Gasteiger partial charge in [-0.1, -0.05) is 5.16 Å². The van der Waals surface area contributed by atoms with Gasteiger partial charge in [0.15, 0.2) is 11.5 Å². The molecule has 0 spiro atoms. The van der Waals surface area contributed by atoms with Crippen LogP contribution in [0.2, 0.25) is 0 Å². The molecule has 1 unspecified atom stereocenters. The minimum Gasteiger partial charge on any atom is -0.493 e. The summed E-state index contributed by atoms with van der Waals surface area (Å²) < 4.78 is 26.8. The molecule has 2 aromatic rings. The Morgan fingerprint density at radius 2 is 1.97 bits per heavy atom. The first-order valence-corrected chi connectivity index (χ1v) is 9.65. The second-order valence-electron chi connectivity index (χ2n) is 6.72. The lowest BCUT2D eigenvalue weighted by atomic mass is 10.1. The van der Waals surface area contributed by atoms with Crippen LogP contribution >= 0.6 is 0 Å². The van der Waals surface area contributed by atoms with Crippen molar-refractivity contribution in [3.8, 4) is 28.6 Å². The van der Waals surface area contributed by atoms with Gasteiger partial charge < -0.3 is 28.8 Å². The molecule has 1 aliphatic heterocycles. The normalized spacial score (nSPS) is 15.9. The second-order valence-corrected chi connectivity index (χ2v) is 6.72. The van der Waals surface area contributed by atoms with Gasteiger partial charge >= 0.3 is 0 Å². The van der Waals surface area contributed by atoms with E-state index in [1.54, 1.807) is 33.5 Å². The first kappa shape index (κ1) is 20.9. The van der Waals surface area contributed by atoms with Gasteiger partial charge in [0.05, 0.1) is 27.4 Å². The van der Waals surface area contributed by atoms with Gasteiger partial charge in [0.25, 0.3) is 0 Å². The number of methoxy groups -OCH3 is 3. The SMILES string of the molecule is COc1cc(-c2noc(CCCC(=O)NCC3CCCO3)n2)cc(OC)c1OC. The van der Waals surface area contributed by atoms with Crippen LogP contribution in [0.3, 0.4) is 0 Å². The van der Waals surface area contributed by atoms with Crippen molar-refractivity contribution in [3.05, 3.63) is 18.0 Å². The minimum atomic E-state index is 0.00451. The molecule has 29 heavy (non-hydrogen) atoms. The van der Waals surface area contributed by atoms with Gasteiger partial charge in [0, 0.05) is 31.6 Å². The summed E-state index contributed by atoms with van der Waals surface area (Å²) in [5.41, 5.74) is 0.684. The number of carbonyl (C=O) groups excluding carboxylic acids is 1. The molecule has 2 heterocycles. The van der Waals surface area contributed by atoms with Crippen LogP contribution in [0.5, 0.6) is 17.2 Å². The van der Waals surface area contributed by atoms with Crippen molar-refractivity contribution in [1.82, 2.24) is 15.5 Å². The highest BCUT2D eigenvalue weighted by atomic mass is 16.5. The summed E-state index contributed by atoms with van der Waals surface area (Å²) in [4.78, 5) is 16.4. The van der Waals surface area contributed by atoms with E-state index in [9.17, 15) is 4.79 Å². The van der Waals surface area contributed by atoms with Gasteiger partial charge in [-0.2, -0.15) is 4.98 Å². The fraction of sp³-hybridized carbons (Fsp3) is 0.550. The predicted octanol–water partition coefficient (Wildman–Crippen LogP) is 2.38. The number of hydrogen-bond acceptors (Lipinski definition) is 8. The highest BCUT2D eigenvalue weighted by Crippen LogP contribution is 2.40. The maximum absolute atomic E-state index is 11.9. The third kappa shape index (κ3) is 5.38. The molecular weight excluding hydrogens is 378 g/mol. The Labute approximate surface area is 169 Å². The Bertz CT molecular complexity index is 791. The maximum Gasteiger partial charge on any atom is 0.226 e. The van der Waals surface area contributed by atoms with Gasteiger partial charge in [0.1, 0.15) is 0 Å². The number of benzene rings is 1. The van der Waals surface area contributed by atoms with E-state index in [4.69, 9.17) is 23.5 Å². The summed E-state index contributed by atoms with van der Waals surface area (Å²) in [5.74, 6) is 2.41. The number of carbonyl (C=O) groups is 1. The molecule has 1 fully saturated rings. The molecule has 0 radical (unpaired) electrons. The fourth-order valence-electron chi connectivity index (χ4n) is 3.21. The average Bonchev–Trinajstić information content (AvgIpc) is 3.43. The van der Waals surface area contributed by atoms with E-state index in [1.807, 2.05) is 0 Å². The quantitative estimate of drug-likeness (QED) is 0.642. The van der Waals surface area contributed by atoms with Crippen molar-refractivity contribution in [2.75, 3.05) is 34.5 Å². The Morgan fingerprint density at radius 3 is 2.59 bits per heavy atom. The number of rotatable bonds is 10. The van der Waals surface area contributed by atoms with E-state index >= 15 is 0 Å². The van der Waals surface area contributed by atoms with Crippen molar-refractivity contribution in [2.45, 2.75) is 38.2 Å². The Balaban J connectivity index is 1.54. The van der Waals surface area contributed by atoms with E-state index in [2.05, 4.69) is 15.5 Å². The number of amides is 1. The highest BCUT2D eigenvalue weighted by molar-refractivity contribution is 5.75. The van der Waals surface area contributed by atoms with Crippen LogP contribution in [-0.2, 0) is 16.0 Å². The molecule has 1 N–H and O–H groups in total. The maximum atomic E-state index is 11.9. The van der Waals surface area contributed by atoms with E-state index in [0.29, 0.717) is 60.3 Å². The number of aromatic nitrogens is 2. The predicted molar refractivity (Wildman–Crippen MR) is 104 cm³/mol. The van der Waals surface area contributed by atoms with E-state index < -0.39 is 0 Å². The van der Waals surface area contributed by atoms with Gasteiger partial charge in [-0.15, -0.1) is 0 Å². The molecule has 0 aliphatic carbocycles. The van der Waals surface area contributed by atoms with Gasteiger partial charge in [-0.25, -0.2) is 0 Å². The summed E-state index contributed by atoms with van der Waals surface area (Å²) in [7, 11) is 4.64. The topological polar surface area (TPSA) is 105 Å². The first-order chi connectivity index (χ1) is 14.1. The Morgan fingerprint density at radius 1 is 1.21 bits per heavy atom. The van der Waals surface area contributed by atoms with Crippen LogP contribution in [0.25, 0.3) is 11.4 Å². The summed E-state index contributed by atoms with van der Waals surface area (Å²) in [5, 5.41) is 6.93. The van der Waals surface area contributed by atoms with Crippen LogP contribution in [0.15, 0.2) is 16.7 Å². The third-order valence-electron chi connectivity index (χ3n) is 4.74. The smallest absolute Gasteiger partial charge is 0.226 e. The summed E-state index contributed by atoms with van der Waals surface area (Å²) >= 11 is 0. The zero-order valence-electron chi connectivity index (χ0n) is 17.0. The Hall–Kier alpha value is -2.81. The summed E-state index contributed by atoms with van der Waals surface area (Å²) in [6.45, 7) is 1.36. The molecule has 0 saturated carbocycles. The minimum absolute atomic E-state index is 0.00451. The molecule has 1 aliphatic rings. The molecule has 9 nitrogen and oxygen atoms in total. The summed E-state index contributed by atoms with van der Waals surface area (Å²) in [6.07, 6.45) is 3.75. The zero-order valence-corrected chi connectivity index (χ0v) is 17.0. The monoisotopic (exact) mass is 405 g/mol. The number of nitrogens with zero attached hydrogens (tertiary/aromatic N) is 2. The number of aryl methyl sites for hydroxylation is 1. The number of nitrogens with one attached hydrogen (secondary N) is 1. The van der Waals surface area contributed by atoms with Crippen molar-refractivity contribution in [1.29, 1.82) is 0 Å². The lowest BCUT2D eigenvalue weighted by Crippen LogP contribution is -2.31. The molecule has 3 rings (SSSR count). The second kappa shape index (κ2) is 10.1. The van der Waals surface area contributed by atoms with Crippen LogP contribution in [-0.4, -0.2) is 56.6 Å². The molecular formula is C20H27N3O6. The van der Waals surface area contributed by atoms with Gasteiger partial charge in [-0.3, -0.25) is 4.79 Å². The van der Waals surface area contributed by atoms with E-state index in [0.717, 1.165) is 19.4 Å².